The second kappa shape index (κ2) is 9.97. The number of ether oxygens (including phenoxy) is 1. The number of piperazine rings is 1. The lowest BCUT2D eigenvalue weighted by Crippen LogP contribution is -2.44. The molecule has 0 aromatic carbocycles. The lowest BCUT2D eigenvalue weighted by Gasteiger charge is -2.32. The summed E-state index contributed by atoms with van der Waals surface area (Å²) in [5.41, 5.74) is -1.16. The van der Waals surface area contributed by atoms with E-state index >= 15 is 0 Å². The number of pyridine rings is 2. The Morgan fingerprint density at radius 2 is 1.90 bits per heavy atom. The van der Waals surface area contributed by atoms with E-state index in [1.165, 1.54) is 18.5 Å². The van der Waals surface area contributed by atoms with Gasteiger partial charge in [-0.2, -0.15) is 9.97 Å². The normalized spacial score (nSPS) is 25.7. The maximum absolute atomic E-state index is 14.9. The first kappa shape index (κ1) is 26.7. The topological polar surface area (TPSA) is 79.3 Å². The molecule has 3 saturated heterocycles. The molecule has 1 aliphatic carbocycles. The van der Waals surface area contributed by atoms with Crippen LogP contribution in [-0.4, -0.2) is 82.4 Å². The number of nitrogens with zero attached hydrogens (tertiary/aromatic N) is 6. The van der Waals surface area contributed by atoms with Gasteiger partial charge in [-0.05, 0) is 37.4 Å². The number of halogens is 5. The van der Waals surface area contributed by atoms with Gasteiger partial charge >= 0.3 is 6.01 Å². The number of anilines is 1. The maximum Gasteiger partial charge on any atom is 0.319 e. The van der Waals surface area contributed by atoms with Gasteiger partial charge < -0.3 is 15.0 Å². The molecule has 6 heterocycles. The molecule has 3 aliphatic heterocycles. The molecule has 0 saturated carbocycles. The minimum absolute atomic E-state index is 0.00616. The highest BCUT2D eigenvalue weighted by Crippen LogP contribution is 2.46. The van der Waals surface area contributed by atoms with Crippen LogP contribution in [0.2, 0.25) is 0 Å². The zero-order chi connectivity index (χ0) is 28.4. The van der Waals surface area contributed by atoms with Crippen LogP contribution < -0.4 is 15.0 Å². The van der Waals surface area contributed by atoms with Crippen molar-refractivity contribution in [2.24, 2.45) is 0 Å². The monoisotopic (exact) mass is 575 g/mol. The third-order valence-electron chi connectivity index (χ3n) is 8.97. The first-order valence-corrected chi connectivity index (χ1v) is 14.1. The highest BCUT2D eigenvalue weighted by atomic mass is 19.3. The summed E-state index contributed by atoms with van der Waals surface area (Å²) < 4.78 is 79.3. The molecule has 3 aromatic heterocycles. The predicted molar refractivity (Wildman–Crippen MR) is 141 cm³/mol. The summed E-state index contributed by atoms with van der Waals surface area (Å²) in [7, 11) is 0. The summed E-state index contributed by atoms with van der Waals surface area (Å²) >= 11 is 0. The fraction of sp³-hybridized carbons (Fsp3) is 0.571. The van der Waals surface area contributed by atoms with E-state index in [0.717, 1.165) is 19.4 Å². The Balaban J connectivity index is 1.36. The van der Waals surface area contributed by atoms with Gasteiger partial charge in [0.2, 0.25) is 0 Å². The summed E-state index contributed by atoms with van der Waals surface area (Å²) in [5, 5.41) is 3.59. The van der Waals surface area contributed by atoms with Gasteiger partial charge in [0.25, 0.3) is 12.3 Å². The first-order chi connectivity index (χ1) is 19.8. The van der Waals surface area contributed by atoms with Crippen LogP contribution >= 0.6 is 0 Å². The second-order valence-corrected chi connectivity index (χ2v) is 11.4. The van der Waals surface area contributed by atoms with Gasteiger partial charge in [-0.15, -0.1) is 0 Å². The van der Waals surface area contributed by atoms with Crippen molar-refractivity contribution in [3.63, 3.8) is 0 Å². The van der Waals surface area contributed by atoms with E-state index in [1.807, 2.05) is 4.90 Å². The molecule has 4 aliphatic rings. The Morgan fingerprint density at radius 1 is 1.07 bits per heavy atom. The third-order valence-corrected chi connectivity index (χ3v) is 8.97. The number of fused-ring (bicyclic) bond motifs is 3. The fourth-order valence-corrected chi connectivity index (χ4v) is 7.01. The van der Waals surface area contributed by atoms with Crippen molar-refractivity contribution in [2.45, 2.75) is 56.2 Å². The Labute approximate surface area is 233 Å². The third kappa shape index (κ3) is 4.48. The van der Waals surface area contributed by atoms with Gasteiger partial charge in [-0.25, -0.2) is 22.0 Å². The molecule has 0 unspecified atom stereocenters. The van der Waals surface area contributed by atoms with E-state index in [2.05, 4.69) is 30.2 Å². The molecular formula is C28H30F5N7O. The van der Waals surface area contributed by atoms with Gasteiger partial charge in [0.05, 0.1) is 33.4 Å². The average Bonchev–Trinajstić information content (AvgIpc) is 3.60. The number of alkyl halides is 5. The summed E-state index contributed by atoms with van der Waals surface area (Å²) in [4.78, 5) is 21.8. The van der Waals surface area contributed by atoms with E-state index in [0.29, 0.717) is 50.3 Å². The Bertz CT molecular complexity index is 1480. The molecule has 3 fully saturated rings. The zero-order valence-electron chi connectivity index (χ0n) is 22.4. The average molecular weight is 576 g/mol. The van der Waals surface area contributed by atoms with Crippen molar-refractivity contribution in [1.29, 1.82) is 0 Å². The lowest BCUT2D eigenvalue weighted by atomic mass is 9.95. The van der Waals surface area contributed by atoms with Crippen LogP contribution in [0, 0.1) is 0 Å². The van der Waals surface area contributed by atoms with Gasteiger partial charge in [-0.3, -0.25) is 14.9 Å². The largest absolute Gasteiger partial charge is 0.461 e. The summed E-state index contributed by atoms with van der Waals surface area (Å²) in [6.45, 7) is 3.81. The molecule has 3 aromatic rings. The Kier molecular flexibility index (Phi) is 6.49. The van der Waals surface area contributed by atoms with Crippen molar-refractivity contribution < 1.29 is 26.7 Å². The van der Waals surface area contributed by atoms with Crippen LogP contribution in [0.5, 0.6) is 6.01 Å². The summed E-state index contributed by atoms with van der Waals surface area (Å²) in [5.74, 6) is -2.64. The van der Waals surface area contributed by atoms with Crippen LogP contribution in [0.4, 0.5) is 27.8 Å². The Morgan fingerprint density at radius 3 is 2.71 bits per heavy atom. The summed E-state index contributed by atoms with van der Waals surface area (Å²) in [6, 6.07) is 1.16. The minimum atomic E-state index is -3.06. The number of hydrogen-bond acceptors (Lipinski definition) is 8. The molecule has 0 amide bonds. The van der Waals surface area contributed by atoms with Crippen LogP contribution in [0.25, 0.3) is 22.3 Å². The number of nitrogens with one attached hydrogen (secondary N) is 1. The molecule has 8 nitrogen and oxygen atoms in total. The molecule has 2 atom stereocenters. The van der Waals surface area contributed by atoms with E-state index in [-0.39, 0.29) is 47.1 Å². The predicted octanol–water partition coefficient (Wildman–Crippen LogP) is 4.43. The van der Waals surface area contributed by atoms with E-state index < -0.39 is 36.0 Å². The van der Waals surface area contributed by atoms with Crippen LogP contribution in [0.3, 0.4) is 0 Å². The number of aromatic nitrogens is 4. The molecule has 7 rings (SSSR count). The molecule has 13 heteroatoms. The van der Waals surface area contributed by atoms with Crippen molar-refractivity contribution in [3.05, 3.63) is 35.2 Å². The standard InChI is InChI=1S/C28H30F5N7O/c29-16-12-27(4-1-9-40(27)14-16)15-41-26-37-21-18(25(38-26)39-10-7-34-8-11-39)13-36-23(20(21)24(30)31)22-17-2-5-28(32,33)19(17)3-6-35-22/h3,6,13,16,24,34H,1-2,4-5,7-12,14-15H2/t16-,27+/m1/s1. The number of hydrogen-bond donors (Lipinski definition) is 1. The van der Waals surface area contributed by atoms with E-state index in [9.17, 15) is 22.0 Å². The quantitative estimate of drug-likeness (QED) is 0.433. The lowest BCUT2D eigenvalue weighted by molar-refractivity contribution is -0.00187. The molecule has 0 radical (unpaired) electrons. The van der Waals surface area contributed by atoms with Crippen LogP contribution in [0.1, 0.15) is 48.8 Å². The highest BCUT2D eigenvalue weighted by Gasteiger charge is 2.49. The second-order valence-electron chi connectivity index (χ2n) is 11.4. The van der Waals surface area contributed by atoms with Gasteiger partial charge in [0.15, 0.2) is 0 Å². The van der Waals surface area contributed by atoms with Crippen molar-refractivity contribution >= 4 is 16.7 Å². The van der Waals surface area contributed by atoms with Crippen molar-refractivity contribution in [3.8, 4) is 17.4 Å². The zero-order valence-corrected chi connectivity index (χ0v) is 22.4. The maximum atomic E-state index is 14.9. The minimum Gasteiger partial charge on any atom is -0.461 e. The fourth-order valence-electron chi connectivity index (χ4n) is 7.01. The van der Waals surface area contributed by atoms with E-state index in [4.69, 9.17) is 4.74 Å². The molecule has 0 bridgehead atoms. The SMILES string of the molecule is FC(F)c1c(-c2nccc3c2CCC3(F)F)ncc2c(N3CCNCC3)nc(OC[C@@]34CCCN3C[C@H](F)C4)nc12. The van der Waals surface area contributed by atoms with Crippen LogP contribution in [0.15, 0.2) is 18.5 Å². The first-order valence-electron chi connectivity index (χ1n) is 14.1. The van der Waals surface area contributed by atoms with Crippen molar-refractivity contribution in [1.82, 2.24) is 30.2 Å². The van der Waals surface area contributed by atoms with E-state index in [1.54, 1.807) is 0 Å². The van der Waals surface area contributed by atoms with Crippen LogP contribution in [-0.2, 0) is 12.3 Å². The summed E-state index contributed by atoms with van der Waals surface area (Å²) in [6.07, 6.45) is 0.309. The molecule has 218 valence electrons. The molecular weight excluding hydrogens is 545 g/mol. The smallest absolute Gasteiger partial charge is 0.319 e. The molecule has 1 N–H and O–H groups in total. The van der Waals surface area contributed by atoms with Crippen molar-refractivity contribution in [2.75, 3.05) is 50.8 Å². The van der Waals surface area contributed by atoms with Gasteiger partial charge in [-0.1, -0.05) is 0 Å². The number of rotatable bonds is 6. The molecule has 0 spiro atoms. The van der Waals surface area contributed by atoms with Gasteiger partial charge in [0, 0.05) is 63.5 Å². The molecule has 41 heavy (non-hydrogen) atoms. The van der Waals surface area contributed by atoms with Gasteiger partial charge in [0.1, 0.15) is 18.6 Å². The Hall–Kier alpha value is -3.19. The highest BCUT2D eigenvalue weighted by molar-refractivity contribution is 5.94.